The van der Waals surface area contributed by atoms with Crippen molar-refractivity contribution in [2.75, 3.05) is 13.2 Å². The number of carbonyl (C=O) groups excluding carboxylic acids is 4. The van der Waals surface area contributed by atoms with Gasteiger partial charge in [-0.15, -0.1) is 0 Å². The Morgan fingerprint density at radius 3 is 1.27 bits per heavy atom. The van der Waals surface area contributed by atoms with Crippen molar-refractivity contribution in [3.05, 3.63) is 0 Å². The van der Waals surface area contributed by atoms with E-state index in [1.165, 1.54) is 0 Å². The van der Waals surface area contributed by atoms with E-state index in [0.29, 0.717) is 13.8 Å². The zero-order valence-corrected chi connectivity index (χ0v) is 25.5. The molecule has 1 aliphatic rings. The second kappa shape index (κ2) is 14.9. The van der Waals surface area contributed by atoms with Gasteiger partial charge in [-0.2, -0.15) is 74.6 Å². The van der Waals surface area contributed by atoms with Gasteiger partial charge in [-0.1, -0.05) is 0 Å². The molecule has 0 unspecified atom stereocenters. The van der Waals surface area contributed by atoms with Crippen LogP contribution in [-0.4, -0.2) is 115 Å². The molecule has 1 fully saturated rings. The average Bonchev–Trinajstić information content (AvgIpc) is 2.92. The third-order valence-electron chi connectivity index (χ3n) is 6.43. The quantitative estimate of drug-likeness (QED) is 0.120. The van der Waals surface area contributed by atoms with Gasteiger partial charge in [0.05, 0.1) is 6.61 Å². The fraction of sp³-hybridized carbons (Fsp3) is 0.833. The number of rotatable bonds is 15. The van der Waals surface area contributed by atoms with Gasteiger partial charge in [-0.3, -0.25) is 19.2 Å². The van der Waals surface area contributed by atoms with Gasteiger partial charge in [-0.05, 0) is 0 Å². The molecule has 0 bridgehead atoms. The SMILES string of the molecule is CC(=O)OC[C@H]1O[C@H](OCCC(F)(F)C(F)(F)C(F)(F)C(F)(F)C(F)(F)C(F)(F)C(F)(F)C(F)(F)F)[C@@H](OC(C)=O)[C@@H](OC(C)=O)[C@@H]1OC(C)=O. The van der Waals surface area contributed by atoms with E-state index in [9.17, 15) is 93.8 Å². The van der Waals surface area contributed by atoms with Gasteiger partial charge < -0.3 is 28.4 Å². The van der Waals surface area contributed by atoms with E-state index in [1.807, 2.05) is 0 Å². The Morgan fingerprint density at radius 2 is 0.882 bits per heavy atom. The monoisotopic (exact) mass is 794 g/mol. The third kappa shape index (κ3) is 8.64. The summed E-state index contributed by atoms with van der Waals surface area (Å²) in [6.45, 7) is -0.379. The van der Waals surface area contributed by atoms with Crippen LogP contribution >= 0.6 is 0 Å². The van der Waals surface area contributed by atoms with Crippen molar-refractivity contribution in [2.24, 2.45) is 0 Å². The summed E-state index contributed by atoms with van der Waals surface area (Å²) >= 11 is 0. The fourth-order valence-corrected chi connectivity index (χ4v) is 3.98. The fourth-order valence-electron chi connectivity index (χ4n) is 3.98. The lowest BCUT2D eigenvalue weighted by atomic mass is 9.88. The van der Waals surface area contributed by atoms with Crippen molar-refractivity contribution >= 4 is 23.9 Å². The Bertz CT molecular complexity index is 1290. The highest BCUT2D eigenvalue weighted by atomic mass is 19.4. The number of esters is 4. The van der Waals surface area contributed by atoms with Gasteiger partial charge in [-0.25, -0.2) is 0 Å². The molecule has 0 spiro atoms. The highest BCUT2D eigenvalue weighted by Crippen LogP contribution is 2.64. The Hall–Kier alpha value is -3.39. The highest BCUT2D eigenvalue weighted by molar-refractivity contribution is 5.68. The van der Waals surface area contributed by atoms with E-state index in [1.54, 1.807) is 0 Å². The molecule has 1 rings (SSSR count). The first-order chi connectivity index (χ1) is 22.5. The standard InChI is InChI=1S/C24H23F17O10/c1-8(42)47-7-12-13(48-9(2)43)14(49-10(3)44)15(50-11(4)45)16(51-12)46-6-5-17(25,26)18(27,28)19(29,30)20(31,32)21(33,34)22(35,36)23(37,38)24(39,40)41/h12-16H,5-7H2,1-4H3/t12-,13-,14+,15+,16+/m1/s1. The van der Waals surface area contributed by atoms with Crippen LogP contribution in [0.3, 0.4) is 0 Å². The molecule has 0 aliphatic carbocycles. The molecule has 0 aromatic carbocycles. The molecule has 0 N–H and O–H groups in total. The molecule has 51 heavy (non-hydrogen) atoms. The summed E-state index contributed by atoms with van der Waals surface area (Å²) in [6, 6.07) is 0. The summed E-state index contributed by atoms with van der Waals surface area (Å²) in [5.41, 5.74) is 0. The van der Waals surface area contributed by atoms with Crippen LogP contribution in [0.1, 0.15) is 34.1 Å². The Kier molecular flexibility index (Phi) is 13.4. The maximum absolute atomic E-state index is 14.4. The number of halogens is 17. The lowest BCUT2D eigenvalue weighted by molar-refractivity contribution is -0.462. The number of hydrogen-bond acceptors (Lipinski definition) is 10. The van der Waals surface area contributed by atoms with E-state index in [4.69, 9.17) is 18.9 Å². The molecule has 0 amide bonds. The lowest BCUT2D eigenvalue weighted by Crippen LogP contribution is -2.74. The molecule has 0 aromatic rings. The molecule has 298 valence electrons. The van der Waals surface area contributed by atoms with Crippen molar-refractivity contribution in [1.82, 2.24) is 0 Å². The first kappa shape index (κ1) is 45.6. The molecule has 1 aliphatic heterocycles. The Labute approximate surface area is 272 Å². The molecule has 1 saturated heterocycles. The van der Waals surface area contributed by atoms with Crippen LogP contribution in [0.2, 0.25) is 0 Å². The minimum absolute atomic E-state index is 0.620. The van der Waals surface area contributed by atoms with E-state index >= 15 is 0 Å². The van der Waals surface area contributed by atoms with Gasteiger partial charge >= 0.3 is 71.5 Å². The molecule has 0 saturated carbocycles. The average molecular weight is 794 g/mol. The van der Waals surface area contributed by atoms with Crippen LogP contribution in [0.15, 0.2) is 0 Å². The smallest absolute Gasteiger partial charge is 0.460 e. The Morgan fingerprint density at radius 1 is 0.510 bits per heavy atom. The molecule has 0 radical (unpaired) electrons. The number of hydrogen-bond donors (Lipinski definition) is 0. The summed E-state index contributed by atoms with van der Waals surface area (Å²) in [6.07, 6.45) is -21.8. The largest absolute Gasteiger partial charge is 0.463 e. The lowest BCUT2D eigenvalue weighted by Gasteiger charge is -2.44. The zero-order valence-electron chi connectivity index (χ0n) is 25.5. The maximum Gasteiger partial charge on any atom is 0.460 e. The van der Waals surface area contributed by atoms with E-state index in [2.05, 4.69) is 9.47 Å². The van der Waals surface area contributed by atoms with Crippen molar-refractivity contribution in [2.45, 2.75) is 112 Å². The normalized spacial score (nSPS) is 23.0. The number of ether oxygens (including phenoxy) is 6. The van der Waals surface area contributed by atoms with Crippen molar-refractivity contribution in [1.29, 1.82) is 0 Å². The van der Waals surface area contributed by atoms with Gasteiger partial charge in [0.25, 0.3) is 0 Å². The van der Waals surface area contributed by atoms with Crippen LogP contribution in [0.5, 0.6) is 0 Å². The summed E-state index contributed by atoms with van der Waals surface area (Å²) in [4.78, 5) is 46.4. The van der Waals surface area contributed by atoms with Crippen LogP contribution in [0.4, 0.5) is 74.6 Å². The molecular weight excluding hydrogens is 771 g/mol. The van der Waals surface area contributed by atoms with Crippen molar-refractivity contribution in [3.8, 4) is 0 Å². The molecular formula is C24H23F17O10. The molecule has 5 atom stereocenters. The summed E-state index contributed by atoms with van der Waals surface area (Å²) in [5, 5.41) is 0. The molecule has 0 aromatic heterocycles. The summed E-state index contributed by atoms with van der Waals surface area (Å²) in [5.74, 6) is -62.9. The van der Waals surface area contributed by atoms with Crippen LogP contribution in [0, 0.1) is 0 Å². The van der Waals surface area contributed by atoms with E-state index in [0.717, 1.165) is 13.8 Å². The van der Waals surface area contributed by atoms with Crippen LogP contribution < -0.4 is 0 Å². The van der Waals surface area contributed by atoms with Gasteiger partial charge in [0, 0.05) is 34.1 Å². The first-order valence-corrected chi connectivity index (χ1v) is 13.2. The minimum atomic E-state index is -8.81. The molecule has 1 heterocycles. The van der Waals surface area contributed by atoms with Gasteiger partial charge in [0.15, 0.2) is 24.6 Å². The van der Waals surface area contributed by atoms with Crippen LogP contribution in [0.25, 0.3) is 0 Å². The van der Waals surface area contributed by atoms with Crippen molar-refractivity contribution in [3.63, 3.8) is 0 Å². The zero-order chi connectivity index (χ0) is 40.6. The summed E-state index contributed by atoms with van der Waals surface area (Å²) in [7, 11) is 0. The number of carbonyl (C=O) groups is 4. The second-order valence-corrected chi connectivity index (χ2v) is 10.3. The maximum atomic E-state index is 14.4. The number of alkyl halides is 17. The van der Waals surface area contributed by atoms with E-state index in [-0.39, 0.29) is 0 Å². The predicted molar refractivity (Wildman–Crippen MR) is 123 cm³/mol. The van der Waals surface area contributed by atoms with Gasteiger partial charge in [0.2, 0.25) is 0 Å². The Balaban J connectivity index is 3.54. The van der Waals surface area contributed by atoms with Crippen molar-refractivity contribution < 1.29 is 122 Å². The van der Waals surface area contributed by atoms with Gasteiger partial charge in [0.1, 0.15) is 12.7 Å². The summed E-state index contributed by atoms with van der Waals surface area (Å²) < 4.78 is 259. The highest BCUT2D eigenvalue weighted by Gasteiger charge is 2.95. The molecule has 27 heteroatoms. The minimum Gasteiger partial charge on any atom is -0.463 e. The topological polar surface area (TPSA) is 124 Å². The molecule has 10 nitrogen and oxygen atoms in total. The van der Waals surface area contributed by atoms with Crippen LogP contribution in [-0.2, 0) is 47.6 Å². The van der Waals surface area contributed by atoms with E-state index < -0.39 is 122 Å². The predicted octanol–water partition coefficient (Wildman–Crippen LogP) is 5.49. The first-order valence-electron chi connectivity index (χ1n) is 13.2. The third-order valence-corrected chi connectivity index (χ3v) is 6.43. The second-order valence-electron chi connectivity index (χ2n) is 10.3.